The Morgan fingerprint density at radius 1 is 0.302 bits per heavy atom. The van der Waals surface area contributed by atoms with Crippen LogP contribution in [-0.2, 0) is 16.2 Å². The third-order valence-corrected chi connectivity index (χ3v) is 37.1. The molecule has 33 rings (SSSR count). The van der Waals surface area contributed by atoms with Gasteiger partial charge in [-0.25, -0.2) is 0 Å². The predicted octanol–water partition coefficient (Wildman–Crippen LogP) is 35.9. The average molecular weight is 1810 g/mol. The highest BCUT2D eigenvalue weighted by Crippen LogP contribution is 2.74. The van der Waals surface area contributed by atoms with Crippen LogP contribution >= 0.6 is 11.8 Å². The lowest BCUT2D eigenvalue weighted by Crippen LogP contribution is -2.55. The van der Waals surface area contributed by atoms with E-state index in [9.17, 15) is 0 Å². The lowest BCUT2D eigenvalue weighted by atomic mass is 9.43. The predicted molar refractivity (Wildman–Crippen MR) is 574 cm³/mol. The van der Waals surface area contributed by atoms with Crippen LogP contribution < -0.4 is 19.1 Å². The van der Waals surface area contributed by atoms with Crippen LogP contribution in [0.1, 0.15) is 123 Å². The second-order valence-corrected chi connectivity index (χ2v) is 44.1. The van der Waals surface area contributed by atoms with Gasteiger partial charge in [0.2, 0.25) is 0 Å². The third kappa shape index (κ3) is 11.5. The molecule has 19 aromatic carbocycles. The Morgan fingerprint density at radius 3 is 1.35 bits per heavy atom. The fourth-order valence-corrected chi connectivity index (χ4v) is 31.6. The fraction of sp³-hybridized carbons (Fsp3) is 0.195. The van der Waals surface area contributed by atoms with E-state index in [0.29, 0.717) is 11.8 Å². The van der Waals surface area contributed by atoms with Crippen molar-refractivity contribution in [3.05, 3.63) is 403 Å². The van der Waals surface area contributed by atoms with Gasteiger partial charge in [0, 0.05) is 45.0 Å². The third-order valence-electron chi connectivity index (χ3n) is 36.0. The van der Waals surface area contributed by atoms with E-state index in [2.05, 4.69) is 377 Å². The number of benzene rings is 19. The Hall–Kier alpha value is -14.6. The van der Waals surface area contributed by atoms with Gasteiger partial charge in [-0.3, -0.25) is 4.98 Å². The topological polar surface area (TPSA) is 43.8 Å². The van der Waals surface area contributed by atoms with Crippen LogP contribution in [0.4, 0.5) is 17.1 Å². The Morgan fingerprint density at radius 2 is 0.748 bits per heavy atom. The summed E-state index contributed by atoms with van der Waals surface area (Å²) in [6, 6.07) is 131. The number of nitrogens with zero attached hydrogens (tertiary/aromatic N) is 2. The van der Waals surface area contributed by atoms with Gasteiger partial charge in [-0.15, -0.1) is 0 Å². The number of aromatic nitrogens is 1. The summed E-state index contributed by atoms with van der Waals surface area (Å²) in [4.78, 5) is 9.28. The number of ether oxygens (including phenoxy) is 3. The summed E-state index contributed by atoms with van der Waals surface area (Å²) in [6.45, 7) is 9.50. The molecule has 668 valence electrons. The quantitative estimate of drug-likeness (QED) is 0.112. The maximum atomic E-state index is 6.54. The summed E-state index contributed by atoms with van der Waals surface area (Å²) >= 11 is 1.79. The molecule has 20 aromatic rings. The van der Waals surface area contributed by atoms with Gasteiger partial charge in [-0.1, -0.05) is 268 Å². The van der Waals surface area contributed by atoms with Crippen LogP contribution in [0.5, 0.6) is 28.7 Å². The summed E-state index contributed by atoms with van der Waals surface area (Å²) in [5, 5.41) is 15.0. The molecule has 8 fully saturated rings. The Labute approximate surface area is 815 Å². The summed E-state index contributed by atoms with van der Waals surface area (Å²) in [5.74, 6) is 10.9. The number of hydrogen-bond acceptors (Lipinski definition) is 6. The first-order valence-electron chi connectivity index (χ1n) is 50.8. The Balaban J connectivity index is 0.000000132. The minimum Gasteiger partial charge on any atom is -0.497 e. The van der Waals surface area contributed by atoms with Crippen LogP contribution in [0, 0.1) is 61.2 Å². The molecule has 3 heterocycles. The van der Waals surface area contributed by atoms with Crippen molar-refractivity contribution in [2.24, 2.45) is 47.3 Å². The van der Waals surface area contributed by atoms with Crippen molar-refractivity contribution < 1.29 is 14.2 Å². The van der Waals surface area contributed by atoms with Crippen molar-refractivity contribution in [2.75, 3.05) is 12.0 Å². The van der Waals surface area contributed by atoms with Gasteiger partial charge >= 0.3 is 0 Å². The average Bonchev–Trinajstić information content (AvgIpc) is 1.52. The number of hydrogen-bond donors (Lipinski definition) is 0. The van der Waals surface area contributed by atoms with Crippen LogP contribution in [0.25, 0.3) is 165 Å². The molecule has 0 atom stereocenters. The van der Waals surface area contributed by atoms with Crippen LogP contribution in [0.2, 0.25) is 0 Å². The number of fused-ring (bicyclic) bond motifs is 20. The van der Waals surface area contributed by atoms with Gasteiger partial charge < -0.3 is 19.1 Å². The van der Waals surface area contributed by atoms with Crippen molar-refractivity contribution in [1.29, 1.82) is 0 Å². The molecule has 0 amide bonds. The fourth-order valence-electron chi connectivity index (χ4n) is 30.6. The van der Waals surface area contributed by atoms with Gasteiger partial charge in [0.25, 0.3) is 0 Å². The van der Waals surface area contributed by atoms with Crippen molar-refractivity contribution >= 4 is 93.5 Å². The van der Waals surface area contributed by atoms with Crippen molar-refractivity contribution in [3.8, 4) is 129 Å². The van der Waals surface area contributed by atoms with Gasteiger partial charge in [0.15, 0.2) is 11.5 Å². The van der Waals surface area contributed by atoms with E-state index in [-0.39, 0.29) is 16.2 Å². The van der Waals surface area contributed by atoms with Crippen LogP contribution in [-0.4, -0.2) is 12.1 Å². The van der Waals surface area contributed by atoms with Gasteiger partial charge in [0.1, 0.15) is 17.2 Å². The number of aryl methyl sites for hydroxylation is 1. The molecule has 0 radical (unpaired) electrons. The number of pyridine rings is 1. The molecule has 139 heavy (non-hydrogen) atoms. The van der Waals surface area contributed by atoms with Crippen LogP contribution in [0.3, 0.4) is 0 Å². The van der Waals surface area contributed by atoms with Gasteiger partial charge in [0.05, 0.1) is 34.0 Å². The van der Waals surface area contributed by atoms with Gasteiger partial charge in [-0.2, -0.15) is 0 Å². The van der Waals surface area contributed by atoms with E-state index in [1.165, 1.54) is 246 Å². The van der Waals surface area contributed by atoms with E-state index >= 15 is 0 Å². The maximum absolute atomic E-state index is 6.54. The molecule has 11 aliphatic carbocycles. The monoisotopic (exact) mass is 1810 g/mol. The molecule has 1 aromatic heterocycles. The second-order valence-electron chi connectivity index (χ2n) is 43.1. The molecule has 2 spiro atoms. The second kappa shape index (κ2) is 30.0. The first-order valence-corrected chi connectivity index (χ1v) is 51.6. The highest BCUT2D eigenvalue weighted by molar-refractivity contribution is 7.99. The smallest absolute Gasteiger partial charge is 0.151 e. The molecule has 8 bridgehead atoms. The normalized spacial score (nSPS) is 21.9. The van der Waals surface area contributed by atoms with Crippen LogP contribution in [0.15, 0.2) is 368 Å². The lowest BCUT2D eigenvalue weighted by Gasteiger charge is -2.61. The number of anilines is 3. The molecule has 0 saturated heterocycles. The highest BCUT2D eigenvalue weighted by Gasteiger charge is 2.64. The standard InChI is InChI=1S/C69H54N2O2.C64H48OS/c1-68(2)57-25-23-43(53-37-48(72-3)38-60-66(53)56-34-42(45-13-12-28-70-39-45)22-27-59(56)69(60)46-30-40-29-41(32-46)33-47(69)31-40)35-54(57)55-36-44(24-26-58(55)68)65-49-14-4-6-16-51(49)67(52-17-7-5-15-50(52)65)71-61-18-8-10-20-63(61)73-64-21-11-9-19-62(64)71;1-36-15-25-55-61(37(36)2)54-24-19-41(34-56(54)64(55)46-28-38-27-39(30-46)31-47(64)29-38)40-18-22-48-42(32-40)16-17-43-33-44(20-23-49(43)48)62-50-9-3-5-11-52(50)63(53-12-6-4-10-51(53)62)45-21-26-58-60(35-45)66-59-14-8-7-13-57(59)65-58/h4-28,34-41,46-47H,29-33H2,1-3H3;3-26,32-35,38-39,46-47H,27-31H2,1-2H3. The Kier molecular flexibility index (Phi) is 17.4. The summed E-state index contributed by atoms with van der Waals surface area (Å²) in [7, 11) is 1.86. The zero-order valence-corrected chi connectivity index (χ0v) is 79.6. The SMILES string of the molecule is COc1cc(-c2ccc3c(c2)-c2cc(-c4c5ccccc5c(N5c6ccccc6Oc6ccccc65)c5ccccc45)ccc2C3(C)C)c2c(c1)C1(c3ccc(-c4cccnc4)cc3-2)C2CC3CC(C2)CC1C3.Cc1ccc2c(c1C)-c1ccc(-c3ccc4c(ccc5cc(-c6c7ccccc7c(-c7ccc8c(c7)Sc7ccccc7O8)c7ccccc67)ccc54)c3)cc1C21C2CC3CC(C2)CC1C3. The largest absolute Gasteiger partial charge is 0.497 e. The minimum absolute atomic E-state index is 0.00922. The van der Waals surface area contributed by atoms with E-state index in [1.807, 2.05) is 25.6 Å². The molecule has 13 aliphatic rings. The molecule has 6 heteroatoms. The molecule has 0 N–H and O–H groups in total. The number of rotatable bonds is 8. The van der Waals surface area contributed by atoms with E-state index in [4.69, 9.17) is 14.2 Å². The van der Waals surface area contributed by atoms with Crippen molar-refractivity contribution in [1.82, 2.24) is 4.98 Å². The van der Waals surface area contributed by atoms with Crippen molar-refractivity contribution in [3.63, 3.8) is 0 Å². The lowest BCUT2D eigenvalue weighted by molar-refractivity contribution is -0.0400. The summed E-state index contributed by atoms with van der Waals surface area (Å²) in [5.41, 5.74) is 38.7. The summed E-state index contributed by atoms with van der Waals surface area (Å²) < 4.78 is 19.3. The van der Waals surface area contributed by atoms with E-state index < -0.39 is 0 Å². The molecule has 5 nitrogen and oxygen atoms in total. The maximum Gasteiger partial charge on any atom is 0.151 e. The molecular weight excluding hydrogens is 1710 g/mol. The molecule has 0 unspecified atom stereocenters. The molecule has 8 saturated carbocycles. The highest BCUT2D eigenvalue weighted by atomic mass is 32.2. The van der Waals surface area contributed by atoms with E-state index in [0.717, 1.165) is 96.7 Å². The van der Waals surface area contributed by atoms with Crippen molar-refractivity contribution in [2.45, 2.75) is 118 Å². The number of para-hydroxylation sites is 5. The molecule has 2 aliphatic heterocycles. The zero-order valence-electron chi connectivity index (χ0n) is 78.8. The first-order chi connectivity index (χ1) is 68.3. The summed E-state index contributed by atoms with van der Waals surface area (Å²) in [6.07, 6.45) is 17.8. The zero-order chi connectivity index (χ0) is 91.7. The number of methoxy groups -OCH3 is 1. The Bertz CT molecular complexity index is 8560. The molecular formula is C133H102N2O3S. The first kappa shape index (κ1) is 80.5. The van der Waals surface area contributed by atoms with Gasteiger partial charge in [-0.05, 0) is 421 Å². The van der Waals surface area contributed by atoms with E-state index in [1.54, 1.807) is 34.0 Å². The minimum atomic E-state index is -0.182.